The van der Waals surface area contributed by atoms with Gasteiger partial charge in [0.15, 0.2) is 0 Å². The van der Waals surface area contributed by atoms with Crippen molar-refractivity contribution in [2.45, 2.75) is 66.1 Å². The van der Waals surface area contributed by atoms with Crippen molar-refractivity contribution in [2.75, 3.05) is 17.1 Å². The van der Waals surface area contributed by atoms with Gasteiger partial charge in [-0.2, -0.15) is 0 Å². The first-order valence-electron chi connectivity index (χ1n) is 11.5. The molecule has 0 radical (unpaired) electrons. The van der Waals surface area contributed by atoms with Crippen molar-refractivity contribution >= 4 is 27.5 Å². The van der Waals surface area contributed by atoms with Crippen LogP contribution in [0.5, 0.6) is 0 Å². The number of aryl methyl sites for hydroxylation is 2. The third-order valence-corrected chi connectivity index (χ3v) is 6.63. The van der Waals surface area contributed by atoms with Gasteiger partial charge in [-0.25, -0.2) is 12.8 Å². The summed E-state index contributed by atoms with van der Waals surface area (Å²) >= 11 is 0. The van der Waals surface area contributed by atoms with Gasteiger partial charge in [0.2, 0.25) is 21.8 Å². The van der Waals surface area contributed by atoms with Crippen molar-refractivity contribution < 1.29 is 22.4 Å². The number of para-hydroxylation sites is 1. The summed E-state index contributed by atoms with van der Waals surface area (Å²) in [6, 6.07) is 10.2. The third kappa shape index (κ3) is 7.78. The zero-order valence-corrected chi connectivity index (χ0v) is 22.4. The number of carbonyl (C=O) groups excluding carboxylic acids is 2. The molecule has 2 aromatic rings. The number of anilines is 1. The molecule has 0 aliphatic carbocycles. The second kappa shape index (κ2) is 11.2. The molecular weight excluding hydrogens is 469 g/mol. The Labute approximate surface area is 208 Å². The van der Waals surface area contributed by atoms with Crippen LogP contribution in [0, 0.1) is 19.7 Å². The summed E-state index contributed by atoms with van der Waals surface area (Å²) in [4.78, 5) is 28.2. The Morgan fingerprint density at radius 3 is 2.03 bits per heavy atom. The monoisotopic (exact) mass is 505 g/mol. The molecular formula is C26H36FN3O4S. The first-order valence-corrected chi connectivity index (χ1v) is 13.4. The van der Waals surface area contributed by atoms with Crippen molar-refractivity contribution in [2.24, 2.45) is 0 Å². The van der Waals surface area contributed by atoms with Crippen LogP contribution in [0.1, 0.15) is 50.8 Å². The number of sulfonamides is 1. The summed E-state index contributed by atoms with van der Waals surface area (Å²) in [7, 11) is -3.82. The minimum absolute atomic E-state index is 0.0273. The number of hydrogen-bond donors (Lipinski definition) is 1. The van der Waals surface area contributed by atoms with Crippen LogP contribution in [0.4, 0.5) is 10.1 Å². The largest absolute Gasteiger partial charge is 0.350 e. The van der Waals surface area contributed by atoms with Crippen molar-refractivity contribution in [3.63, 3.8) is 0 Å². The summed E-state index contributed by atoms with van der Waals surface area (Å²) in [6.45, 7) is 10.4. The highest BCUT2D eigenvalue weighted by Crippen LogP contribution is 2.27. The van der Waals surface area contributed by atoms with E-state index in [4.69, 9.17) is 0 Å². The maximum atomic E-state index is 13.7. The van der Waals surface area contributed by atoms with E-state index in [-0.39, 0.29) is 12.5 Å². The maximum absolute atomic E-state index is 13.7. The number of nitrogens with one attached hydrogen (secondary N) is 1. The van der Waals surface area contributed by atoms with Crippen LogP contribution < -0.4 is 9.62 Å². The number of benzene rings is 2. The van der Waals surface area contributed by atoms with E-state index in [2.05, 4.69) is 5.32 Å². The Bertz CT molecular complexity index is 1140. The smallest absolute Gasteiger partial charge is 0.244 e. The van der Waals surface area contributed by atoms with Crippen molar-refractivity contribution in [1.29, 1.82) is 0 Å². The van der Waals surface area contributed by atoms with Crippen LogP contribution in [-0.4, -0.2) is 49.5 Å². The molecule has 9 heteroatoms. The molecule has 0 aliphatic heterocycles. The Morgan fingerprint density at radius 1 is 1.03 bits per heavy atom. The van der Waals surface area contributed by atoms with E-state index in [1.807, 2.05) is 26.8 Å². The van der Waals surface area contributed by atoms with Gasteiger partial charge in [-0.15, -0.1) is 0 Å². The standard InChI is InChI=1S/C26H36FN3O4S/c1-8-22(25(32)28-26(4,5)6)29(16-20-12-14-21(27)15-13-20)23(31)17-30(35(7,33)34)24-18(2)10-9-11-19(24)3/h9-15,22H,8,16-17H2,1-7H3,(H,28,32)/t22-/m1/s1. The molecule has 0 aromatic heterocycles. The fourth-order valence-electron chi connectivity index (χ4n) is 3.93. The molecule has 192 valence electrons. The molecule has 0 fully saturated rings. The molecule has 2 amide bonds. The van der Waals surface area contributed by atoms with Crippen molar-refractivity contribution in [3.8, 4) is 0 Å². The number of hydrogen-bond acceptors (Lipinski definition) is 4. The summed E-state index contributed by atoms with van der Waals surface area (Å²) in [5, 5.41) is 2.91. The summed E-state index contributed by atoms with van der Waals surface area (Å²) < 4.78 is 40.1. The SMILES string of the molecule is CC[C@H](C(=O)NC(C)(C)C)N(Cc1ccc(F)cc1)C(=O)CN(c1c(C)cccc1C)S(C)(=O)=O. The summed E-state index contributed by atoms with van der Waals surface area (Å²) in [6.07, 6.45) is 1.37. The molecule has 1 N–H and O–H groups in total. The molecule has 0 saturated heterocycles. The lowest BCUT2D eigenvalue weighted by atomic mass is 10.1. The summed E-state index contributed by atoms with van der Waals surface area (Å²) in [5.74, 6) is -1.28. The van der Waals surface area contributed by atoms with Gasteiger partial charge in [-0.3, -0.25) is 13.9 Å². The Hall–Kier alpha value is -2.94. The van der Waals surface area contributed by atoms with E-state index >= 15 is 0 Å². The number of nitrogens with zero attached hydrogens (tertiary/aromatic N) is 2. The highest BCUT2D eigenvalue weighted by atomic mass is 32.2. The zero-order chi connectivity index (χ0) is 26.6. The van der Waals surface area contributed by atoms with Crippen molar-refractivity contribution in [1.82, 2.24) is 10.2 Å². The van der Waals surface area contributed by atoms with Crippen LogP contribution in [0.3, 0.4) is 0 Å². The quantitative estimate of drug-likeness (QED) is 0.560. The molecule has 2 rings (SSSR count). The second-order valence-electron chi connectivity index (χ2n) is 9.82. The molecule has 2 aromatic carbocycles. The van der Waals surface area contributed by atoms with Gasteiger partial charge >= 0.3 is 0 Å². The van der Waals surface area contributed by atoms with Crippen LogP contribution in [0.15, 0.2) is 42.5 Å². The minimum atomic E-state index is -3.82. The molecule has 0 unspecified atom stereocenters. The van der Waals surface area contributed by atoms with Crippen LogP contribution in [0.25, 0.3) is 0 Å². The molecule has 0 saturated carbocycles. The van der Waals surface area contributed by atoms with Gasteiger partial charge in [0.25, 0.3) is 0 Å². The lowest BCUT2D eigenvalue weighted by Gasteiger charge is -2.35. The van der Waals surface area contributed by atoms with Gasteiger partial charge < -0.3 is 10.2 Å². The highest BCUT2D eigenvalue weighted by Gasteiger charge is 2.33. The lowest BCUT2D eigenvalue weighted by Crippen LogP contribution is -2.55. The number of rotatable bonds is 9. The van der Waals surface area contributed by atoms with E-state index in [1.54, 1.807) is 45.0 Å². The van der Waals surface area contributed by atoms with Crippen molar-refractivity contribution in [3.05, 3.63) is 65.0 Å². The Morgan fingerprint density at radius 2 is 1.57 bits per heavy atom. The molecule has 7 nitrogen and oxygen atoms in total. The highest BCUT2D eigenvalue weighted by molar-refractivity contribution is 7.92. The summed E-state index contributed by atoms with van der Waals surface area (Å²) in [5.41, 5.74) is 1.97. The fourth-order valence-corrected chi connectivity index (χ4v) is 4.90. The zero-order valence-electron chi connectivity index (χ0n) is 21.6. The molecule has 35 heavy (non-hydrogen) atoms. The van der Waals surface area contributed by atoms with Crippen LogP contribution in [-0.2, 0) is 26.2 Å². The number of halogens is 1. The van der Waals surface area contributed by atoms with Gasteiger partial charge in [0.05, 0.1) is 11.9 Å². The number of carbonyl (C=O) groups is 2. The Kier molecular flexibility index (Phi) is 9.06. The van der Waals surface area contributed by atoms with Gasteiger partial charge in [0, 0.05) is 12.1 Å². The average Bonchev–Trinajstić information content (AvgIpc) is 2.72. The first kappa shape index (κ1) is 28.3. The molecule has 1 atom stereocenters. The predicted octanol–water partition coefficient (Wildman–Crippen LogP) is 3.93. The maximum Gasteiger partial charge on any atom is 0.244 e. The van der Waals surface area contributed by atoms with E-state index < -0.39 is 39.9 Å². The minimum Gasteiger partial charge on any atom is -0.350 e. The lowest BCUT2D eigenvalue weighted by molar-refractivity contribution is -0.141. The first-order chi connectivity index (χ1) is 16.1. The average molecular weight is 506 g/mol. The van der Waals surface area contributed by atoms with Gasteiger partial charge in [0.1, 0.15) is 18.4 Å². The van der Waals surface area contributed by atoms with E-state index in [0.717, 1.165) is 10.6 Å². The van der Waals surface area contributed by atoms with E-state index in [0.29, 0.717) is 28.8 Å². The normalized spacial score (nSPS) is 12.7. The molecule has 0 heterocycles. The second-order valence-corrected chi connectivity index (χ2v) is 11.7. The Balaban J connectivity index is 2.51. The molecule has 0 bridgehead atoms. The number of amides is 2. The fraction of sp³-hybridized carbons (Fsp3) is 0.462. The van der Waals surface area contributed by atoms with Crippen LogP contribution >= 0.6 is 0 Å². The third-order valence-electron chi connectivity index (χ3n) is 5.52. The topological polar surface area (TPSA) is 86.8 Å². The van der Waals surface area contributed by atoms with E-state index in [1.165, 1.54) is 17.0 Å². The van der Waals surface area contributed by atoms with E-state index in [9.17, 15) is 22.4 Å². The van der Waals surface area contributed by atoms with Gasteiger partial charge in [-0.1, -0.05) is 37.3 Å². The van der Waals surface area contributed by atoms with Crippen LogP contribution in [0.2, 0.25) is 0 Å². The molecule has 0 spiro atoms. The molecule has 0 aliphatic rings. The predicted molar refractivity (Wildman–Crippen MR) is 137 cm³/mol. The van der Waals surface area contributed by atoms with Gasteiger partial charge in [-0.05, 0) is 69.9 Å².